The number of imidazole rings is 1. The summed E-state index contributed by atoms with van der Waals surface area (Å²) in [5.41, 5.74) is 10.0. The predicted molar refractivity (Wildman–Crippen MR) is 193 cm³/mol. The molecule has 4 aromatic heterocycles. The molecule has 0 unspecified atom stereocenters. The quantitative estimate of drug-likeness (QED) is 0.198. The van der Waals surface area contributed by atoms with Crippen LogP contribution in [-0.4, -0.2) is 18.9 Å². The van der Waals surface area contributed by atoms with Crippen LogP contribution in [0.5, 0.6) is 0 Å². The zero-order valence-corrected chi connectivity index (χ0v) is 25.1. The summed E-state index contributed by atoms with van der Waals surface area (Å²) in [6.07, 6.45) is 0. The maximum atomic E-state index is 6.56. The van der Waals surface area contributed by atoms with Gasteiger partial charge in [-0.1, -0.05) is 103 Å². The Hall–Kier alpha value is -6.46. The molecule has 11 rings (SSSR count). The molecule has 0 aliphatic heterocycles. The molecule has 0 atom stereocenters. The summed E-state index contributed by atoms with van der Waals surface area (Å²) in [6.45, 7) is 0. The molecule has 0 aliphatic carbocycles. The molecule has 11 aromatic rings. The molecule has 0 saturated heterocycles. The van der Waals surface area contributed by atoms with Crippen LogP contribution in [0.2, 0.25) is 0 Å². The minimum Gasteiger partial charge on any atom is -0.455 e. The number of rotatable bonds is 2. The second kappa shape index (κ2) is 9.05. The Labute approximate surface area is 267 Å². The van der Waals surface area contributed by atoms with E-state index in [4.69, 9.17) is 14.4 Å². The van der Waals surface area contributed by atoms with Gasteiger partial charge in [0.2, 0.25) is 5.95 Å². The van der Waals surface area contributed by atoms with Gasteiger partial charge in [0, 0.05) is 37.9 Å². The van der Waals surface area contributed by atoms with Crippen molar-refractivity contribution in [3.63, 3.8) is 0 Å². The van der Waals surface area contributed by atoms with E-state index in [2.05, 4.69) is 130 Å². The topological polar surface area (TPSA) is 48.3 Å². The lowest BCUT2D eigenvalue weighted by molar-refractivity contribution is 0.670. The van der Waals surface area contributed by atoms with Crippen LogP contribution < -0.4 is 0 Å². The first-order valence-corrected chi connectivity index (χ1v) is 15.9. The van der Waals surface area contributed by atoms with Gasteiger partial charge >= 0.3 is 0 Å². The fraction of sp³-hybridized carbons (Fsp3) is 0. The van der Waals surface area contributed by atoms with Gasteiger partial charge in [-0.25, -0.2) is 9.97 Å². The summed E-state index contributed by atoms with van der Waals surface area (Å²) >= 11 is 0. The van der Waals surface area contributed by atoms with Crippen molar-refractivity contribution in [2.75, 3.05) is 0 Å². The van der Waals surface area contributed by atoms with Crippen molar-refractivity contribution in [2.45, 2.75) is 0 Å². The molecule has 0 saturated carbocycles. The minimum absolute atomic E-state index is 0.816. The third-order valence-electron chi connectivity index (χ3n) is 9.70. The monoisotopic (exact) mass is 600 g/mol. The molecule has 47 heavy (non-hydrogen) atoms. The lowest BCUT2D eigenvalue weighted by Gasteiger charge is -2.15. The number of fused-ring (bicyclic) bond motifs is 13. The molecule has 0 fully saturated rings. The number of para-hydroxylation sites is 6. The van der Waals surface area contributed by atoms with Gasteiger partial charge in [0.05, 0.1) is 27.6 Å². The van der Waals surface area contributed by atoms with Crippen LogP contribution in [0.4, 0.5) is 0 Å². The zero-order chi connectivity index (χ0) is 30.6. The van der Waals surface area contributed by atoms with Crippen LogP contribution in [0, 0.1) is 0 Å². The number of benzene rings is 7. The van der Waals surface area contributed by atoms with E-state index in [1.54, 1.807) is 0 Å². The number of hydrogen-bond donors (Lipinski definition) is 0. The van der Waals surface area contributed by atoms with Crippen molar-refractivity contribution >= 4 is 82.1 Å². The normalized spacial score (nSPS) is 12.3. The van der Waals surface area contributed by atoms with E-state index in [-0.39, 0.29) is 0 Å². The fourth-order valence-corrected chi connectivity index (χ4v) is 7.69. The molecule has 0 amide bonds. The average Bonchev–Trinajstić information content (AvgIpc) is 3.81. The largest absolute Gasteiger partial charge is 0.455 e. The smallest absolute Gasteiger partial charge is 0.221 e. The minimum atomic E-state index is 0.816. The van der Waals surface area contributed by atoms with Gasteiger partial charge < -0.3 is 4.42 Å². The molecule has 0 spiro atoms. The van der Waals surface area contributed by atoms with E-state index in [1.807, 2.05) is 24.3 Å². The van der Waals surface area contributed by atoms with Gasteiger partial charge in [0.25, 0.3) is 0 Å². The van der Waals surface area contributed by atoms with Gasteiger partial charge in [-0.3, -0.25) is 8.97 Å². The highest BCUT2D eigenvalue weighted by Crippen LogP contribution is 2.44. The maximum absolute atomic E-state index is 6.56. The third-order valence-corrected chi connectivity index (χ3v) is 9.70. The van der Waals surface area contributed by atoms with Crippen LogP contribution in [0.1, 0.15) is 0 Å². The second-order valence-corrected chi connectivity index (χ2v) is 12.2. The Morgan fingerprint density at radius 2 is 1.11 bits per heavy atom. The SMILES string of the molecule is c1ccc2c(c1)nc(-n1c3ccccc3c3cc(-c4cccc5c4oc4ccccc45)c4ccccc4c31)n1c3ccccc3nc21. The first-order chi connectivity index (χ1) is 23.3. The predicted octanol–water partition coefficient (Wildman–Crippen LogP) is 10.9. The van der Waals surface area contributed by atoms with E-state index in [0.717, 1.165) is 93.8 Å². The molecule has 0 aliphatic rings. The molecular weight excluding hydrogens is 576 g/mol. The maximum Gasteiger partial charge on any atom is 0.221 e. The molecular formula is C42H24N4O. The van der Waals surface area contributed by atoms with Crippen molar-refractivity contribution in [3.05, 3.63) is 146 Å². The number of nitrogens with zero attached hydrogens (tertiary/aromatic N) is 4. The molecule has 0 bridgehead atoms. The van der Waals surface area contributed by atoms with Crippen LogP contribution in [0.3, 0.4) is 0 Å². The molecule has 0 radical (unpaired) electrons. The highest BCUT2D eigenvalue weighted by molar-refractivity contribution is 6.23. The van der Waals surface area contributed by atoms with Crippen molar-refractivity contribution in [2.24, 2.45) is 0 Å². The molecule has 0 N–H and O–H groups in total. The highest BCUT2D eigenvalue weighted by Gasteiger charge is 2.23. The Morgan fingerprint density at radius 1 is 0.447 bits per heavy atom. The van der Waals surface area contributed by atoms with Crippen LogP contribution >= 0.6 is 0 Å². The average molecular weight is 601 g/mol. The second-order valence-electron chi connectivity index (χ2n) is 12.2. The Morgan fingerprint density at radius 3 is 1.98 bits per heavy atom. The Kier molecular flexibility index (Phi) is 4.78. The van der Waals surface area contributed by atoms with E-state index >= 15 is 0 Å². The molecule has 7 aromatic carbocycles. The highest BCUT2D eigenvalue weighted by atomic mass is 16.3. The molecule has 4 heterocycles. The standard InChI is InChI=1S/C42H24N4O/c1-2-15-28-25(12-1)32(30-18-11-17-29-27-14-5-10-23-38(27)47-40(29)30)24-33-26-13-4-8-21-36(26)45(39(28)33)42-44-34-19-6-3-16-31(34)41-43-35-20-7-9-22-37(35)46(41)42/h1-24H. The van der Waals surface area contributed by atoms with E-state index in [1.165, 1.54) is 5.39 Å². The molecule has 5 nitrogen and oxygen atoms in total. The summed E-state index contributed by atoms with van der Waals surface area (Å²) in [6, 6.07) is 51.1. The lowest BCUT2D eigenvalue weighted by atomic mass is 9.94. The first kappa shape index (κ1) is 24.8. The Bertz CT molecular complexity index is 3090. The summed E-state index contributed by atoms with van der Waals surface area (Å²) < 4.78 is 11.1. The van der Waals surface area contributed by atoms with Gasteiger partial charge in [0.1, 0.15) is 16.8 Å². The molecule has 5 heteroatoms. The van der Waals surface area contributed by atoms with Gasteiger partial charge in [-0.05, 0) is 53.4 Å². The lowest BCUT2D eigenvalue weighted by Crippen LogP contribution is -2.06. The Balaban J connectivity index is 1.34. The zero-order valence-electron chi connectivity index (χ0n) is 25.1. The van der Waals surface area contributed by atoms with Crippen LogP contribution in [0.15, 0.2) is 150 Å². The van der Waals surface area contributed by atoms with Crippen molar-refractivity contribution < 1.29 is 4.42 Å². The van der Waals surface area contributed by atoms with Crippen LogP contribution in [-0.2, 0) is 0 Å². The molecule has 218 valence electrons. The first-order valence-electron chi connectivity index (χ1n) is 15.9. The number of aromatic nitrogens is 4. The number of furan rings is 1. The van der Waals surface area contributed by atoms with Gasteiger partial charge in [-0.15, -0.1) is 0 Å². The van der Waals surface area contributed by atoms with Gasteiger partial charge in [0.15, 0.2) is 0 Å². The van der Waals surface area contributed by atoms with Crippen LogP contribution in [0.25, 0.3) is 99.2 Å². The number of hydrogen-bond acceptors (Lipinski definition) is 3. The van der Waals surface area contributed by atoms with Gasteiger partial charge in [-0.2, -0.15) is 0 Å². The van der Waals surface area contributed by atoms with Crippen molar-refractivity contribution in [1.29, 1.82) is 0 Å². The van der Waals surface area contributed by atoms with E-state index in [0.29, 0.717) is 0 Å². The van der Waals surface area contributed by atoms with Crippen molar-refractivity contribution in [1.82, 2.24) is 18.9 Å². The van der Waals surface area contributed by atoms with E-state index in [9.17, 15) is 0 Å². The summed E-state index contributed by atoms with van der Waals surface area (Å²) in [5.74, 6) is 0.816. The summed E-state index contributed by atoms with van der Waals surface area (Å²) in [7, 11) is 0. The fourth-order valence-electron chi connectivity index (χ4n) is 7.69. The van der Waals surface area contributed by atoms with Crippen molar-refractivity contribution in [3.8, 4) is 17.1 Å². The summed E-state index contributed by atoms with van der Waals surface area (Å²) in [4.78, 5) is 10.5. The summed E-state index contributed by atoms with van der Waals surface area (Å²) in [5, 5.41) is 7.92. The van der Waals surface area contributed by atoms with E-state index < -0.39 is 0 Å². The third kappa shape index (κ3) is 3.27.